The number of amides is 7. The van der Waals surface area contributed by atoms with Gasteiger partial charge in [-0.15, -0.1) is 0 Å². The number of aliphatic carboxylic acids is 1. The Morgan fingerprint density at radius 2 is 1.35 bits per heavy atom. The molecule has 1 aromatic heterocycles. The summed E-state index contributed by atoms with van der Waals surface area (Å²) in [5, 5.41) is 34.8. The smallest absolute Gasteiger partial charge is 0.300 e. The van der Waals surface area contributed by atoms with Crippen molar-refractivity contribution >= 4 is 83.3 Å². The van der Waals surface area contributed by atoms with Gasteiger partial charge in [0.1, 0.15) is 6.10 Å². The van der Waals surface area contributed by atoms with Crippen LogP contribution in [0.1, 0.15) is 164 Å². The number of imidazole rings is 1. The van der Waals surface area contributed by atoms with Gasteiger partial charge in [0.2, 0.25) is 41.4 Å². The molecule has 6 aliphatic rings. The SMILES string of the molecule is C/C1=C2N=C(/C=C3N=C(/C(C)=C4\[N-][C@@](C)([C@@H]5N=C1[C@](C)(CCC(=O)NCC(C)OP(=O)([O-])[O-])[C@H]5CC(N)=O)[C@@](C)(CC(N)=O)[C@@H]4CCC(N)=O)[C@@](C)(CC(N)=O)[C@@H]\3CCC(N)=O)C(C)(C)[C@@H]/2CCC(N)=O.CC(=O)O.Cc1cc2ncn([C@H]3O[C@H](CO)C[C@H]3O)c2cc1C.[Co]. The number of nitrogens with zero attached hydrogens (tertiary/aromatic N) is 6. The van der Waals surface area contributed by atoms with Gasteiger partial charge in [-0.25, -0.2) is 4.98 Å². The summed E-state index contributed by atoms with van der Waals surface area (Å²) in [7, 11) is -5.36. The van der Waals surface area contributed by atoms with E-state index < -0.39 is 130 Å². The van der Waals surface area contributed by atoms with E-state index in [0.717, 1.165) is 18.0 Å². The largest absolute Gasteiger partial charge is 0.790 e. The number of nitrogens with one attached hydrogen (secondary N) is 1. The molecule has 13 atom stereocenters. The molecule has 16 N–H and O–H groups in total. The Bertz CT molecular complexity index is 3590. The molecule has 1 radical (unpaired) electrons. The van der Waals surface area contributed by atoms with Gasteiger partial charge in [0.25, 0.3) is 5.97 Å². The van der Waals surface area contributed by atoms with Crippen LogP contribution in [-0.4, -0.2) is 132 Å². The molecule has 0 saturated carbocycles. The summed E-state index contributed by atoms with van der Waals surface area (Å²) in [5.41, 5.74) is 37.7. The quantitative estimate of drug-likeness (QED) is 0.0676. The molecule has 7 heterocycles. The normalized spacial score (nSPS) is 31.2. The Morgan fingerprint density at radius 1 is 0.789 bits per heavy atom. The second kappa shape index (κ2) is 30.6. The molecule has 31 heteroatoms. The molecule has 2 fully saturated rings. The Balaban J connectivity index is 0.000000567. The Morgan fingerprint density at radius 3 is 1.87 bits per heavy atom. The number of allylic oxidation sites excluding steroid dienone is 6. The fourth-order valence-electron chi connectivity index (χ4n) is 15.0. The number of ether oxygens (including phenoxy) is 1. The summed E-state index contributed by atoms with van der Waals surface area (Å²) in [6.07, 6.45) is 0.605. The molecular weight excluding hydrogens is 1300 g/mol. The molecule has 0 aliphatic carbocycles. The van der Waals surface area contributed by atoms with E-state index in [1.807, 2.05) is 65.2 Å². The number of primary amides is 6. The van der Waals surface area contributed by atoms with Crippen molar-refractivity contribution < 1.29 is 94.1 Å². The van der Waals surface area contributed by atoms with Crippen LogP contribution in [0, 0.1) is 59.2 Å². The molecule has 7 amide bonds. The Hall–Kier alpha value is -7.02. The number of nitrogens with two attached hydrogens (primary N) is 6. The van der Waals surface area contributed by atoms with E-state index in [4.69, 9.17) is 74.4 Å². The van der Waals surface area contributed by atoms with Crippen molar-refractivity contribution in [1.29, 1.82) is 0 Å². The van der Waals surface area contributed by atoms with Gasteiger partial charge in [-0.05, 0) is 118 Å². The predicted molar refractivity (Wildman–Crippen MR) is 345 cm³/mol. The number of carboxylic acid groups (broad SMARTS) is 1. The number of fused-ring (bicyclic) bond motifs is 7. The van der Waals surface area contributed by atoms with Crippen LogP contribution >= 0.6 is 7.82 Å². The number of hydrogen-bond donors (Lipinski definition) is 10. The second-order valence-corrected chi connectivity index (χ2v) is 28.4. The van der Waals surface area contributed by atoms with Crippen molar-refractivity contribution in [2.45, 2.75) is 196 Å². The van der Waals surface area contributed by atoms with Crippen molar-refractivity contribution in [2.75, 3.05) is 13.2 Å². The summed E-state index contributed by atoms with van der Waals surface area (Å²) in [5.74, 6) is -7.97. The standard InChI is InChI=1S/C48H74N11O11P.C14H18N2O3.C2H4O2.Co/c1-23(70-71(67,68)69)22-55-38(66)16-17-45(6)29(18-35(52)63)43-48(9)47(8,21-37(54)65)28(12-15-34(51)62)40(59-48)25(3)42-46(7,20-36(53)64)26(10-13-32(49)60)30(56-42)19-31-44(4,5)27(11-14-33(50)61)39(57-31)24(2)41(45)58-43;1-8-3-11-12(4-9(8)2)16(7-15-11)14-13(18)5-10(6-17)19-14;1-2(3)4;/h19,23,26-29,43H,10-18,20-22H2,1-9H3,(H16,49,50,51,52,53,54,55,56,57,58,59,60,61,62,63,64,65,66,67,68,69);3-4,7,10,13-14,17-18H,5-6H2,1-2H3;1H3,(H,3,4);/p-3/t23?,26-,27-,28-,29+,43-,45-,46+,47+,48+;10-,13+,14-;;/m10../s1. The zero-order valence-corrected chi connectivity index (χ0v) is 57.9. The molecule has 527 valence electrons. The van der Waals surface area contributed by atoms with Crippen LogP contribution in [-0.2, 0) is 69.0 Å². The van der Waals surface area contributed by atoms with Crippen molar-refractivity contribution in [3.63, 3.8) is 0 Å². The number of rotatable bonds is 24. The van der Waals surface area contributed by atoms with Gasteiger partial charge in [0.15, 0.2) is 6.23 Å². The van der Waals surface area contributed by atoms with Crippen LogP contribution in [0.4, 0.5) is 0 Å². The first kappa shape index (κ1) is 78.7. The number of benzene rings is 1. The number of hydrogen-bond acceptors (Lipinski definition) is 19. The van der Waals surface area contributed by atoms with Gasteiger partial charge >= 0.3 is 0 Å². The average molecular weight is 1390 g/mol. The van der Waals surface area contributed by atoms with Gasteiger partial charge < -0.3 is 88.5 Å². The van der Waals surface area contributed by atoms with Gasteiger partial charge in [-0.1, -0.05) is 47.1 Å². The number of phosphoric ester groups is 1. The second-order valence-electron chi connectivity index (χ2n) is 27.3. The number of carbonyl (C=O) groups is 8. The van der Waals surface area contributed by atoms with Crippen molar-refractivity contribution in [3.05, 3.63) is 69.2 Å². The summed E-state index contributed by atoms with van der Waals surface area (Å²) >= 11 is 0. The molecule has 2 aromatic rings. The zero-order chi connectivity index (χ0) is 70.7. The molecular formula is C64H93CoN13O16P-3. The molecule has 1 unspecified atom stereocenters. The molecule has 29 nitrogen and oxygen atoms in total. The number of aliphatic imine (C=N–C) groups is 3. The number of aryl methyl sites for hydroxylation is 2. The Kier molecular flexibility index (Phi) is 25.3. The minimum Gasteiger partial charge on any atom is -0.790 e. The third kappa shape index (κ3) is 17.2. The van der Waals surface area contributed by atoms with Crippen LogP contribution in [0.3, 0.4) is 0 Å². The number of aliphatic hydroxyl groups excluding tert-OH is 2. The fourth-order valence-corrected chi connectivity index (χ4v) is 15.5. The van der Waals surface area contributed by atoms with Gasteiger partial charge in [-0.2, -0.15) is 5.70 Å². The minimum atomic E-state index is -5.36. The van der Waals surface area contributed by atoms with E-state index in [9.17, 15) is 53.0 Å². The molecule has 1 aromatic carbocycles. The van der Waals surface area contributed by atoms with E-state index in [1.54, 1.807) is 13.3 Å². The maximum atomic E-state index is 13.7. The van der Waals surface area contributed by atoms with E-state index >= 15 is 0 Å². The number of aliphatic hydroxyl groups is 2. The van der Waals surface area contributed by atoms with Gasteiger partial charge in [-0.3, -0.25) is 53.3 Å². The monoisotopic (exact) mass is 1390 g/mol. The zero-order valence-electron chi connectivity index (χ0n) is 56.0. The first-order valence-electron chi connectivity index (χ1n) is 31.3. The van der Waals surface area contributed by atoms with Crippen LogP contribution in [0.2, 0.25) is 0 Å². The predicted octanol–water partition coefficient (Wildman–Crippen LogP) is 2.76. The van der Waals surface area contributed by atoms with Crippen molar-refractivity contribution in [2.24, 2.45) is 94.7 Å². The average Bonchev–Trinajstić information content (AvgIpc) is 1.53. The van der Waals surface area contributed by atoms with Gasteiger partial charge in [0.05, 0.1) is 44.0 Å². The van der Waals surface area contributed by atoms with Crippen molar-refractivity contribution in [3.8, 4) is 0 Å². The van der Waals surface area contributed by atoms with Crippen molar-refractivity contribution in [1.82, 2.24) is 14.9 Å². The topological polar surface area (TPSA) is 516 Å². The number of phosphoric acid groups is 1. The molecule has 95 heavy (non-hydrogen) atoms. The maximum Gasteiger partial charge on any atom is 0.300 e. The Labute approximate surface area is 563 Å². The van der Waals surface area contributed by atoms with E-state index in [0.29, 0.717) is 51.8 Å². The molecule has 8 bridgehead atoms. The summed E-state index contributed by atoms with van der Waals surface area (Å²) in [4.78, 5) is 144. The summed E-state index contributed by atoms with van der Waals surface area (Å²) in [6.45, 7) is 20.9. The molecule has 6 aliphatic heterocycles. The molecule has 0 spiro atoms. The first-order valence-corrected chi connectivity index (χ1v) is 32.8. The minimum absolute atomic E-state index is 0. The first-order chi connectivity index (χ1) is 43.4. The van der Waals surface area contributed by atoms with E-state index in [1.165, 1.54) is 18.1 Å². The maximum absolute atomic E-state index is 13.7. The number of carbonyl (C=O) groups excluding carboxylic acids is 7. The number of carboxylic acids is 1. The third-order valence-electron chi connectivity index (χ3n) is 20.1. The van der Waals surface area contributed by atoms with Crippen LogP contribution in [0.25, 0.3) is 16.4 Å². The number of aromatic nitrogens is 2. The third-order valence-corrected chi connectivity index (χ3v) is 20.7. The van der Waals surface area contributed by atoms with Gasteiger partial charge in [0, 0.05) is 144 Å². The molecule has 2 saturated heterocycles. The summed E-state index contributed by atoms with van der Waals surface area (Å²) in [6, 6.07) is 3.08. The van der Waals surface area contributed by atoms with Crippen LogP contribution in [0.5, 0.6) is 0 Å². The fraction of sp³-hybridized carbons (Fsp3) is 0.625. The molecule has 8 rings (SSSR count). The van der Waals surface area contributed by atoms with Crippen LogP contribution in [0.15, 0.2) is 67.8 Å². The van der Waals surface area contributed by atoms with E-state index in [2.05, 4.69) is 34.7 Å². The van der Waals surface area contributed by atoms with E-state index in [-0.39, 0.29) is 107 Å². The summed E-state index contributed by atoms with van der Waals surface area (Å²) < 4.78 is 23.3. The van der Waals surface area contributed by atoms with Crippen LogP contribution < -0.4 is 49.5 Å².